The van der Waals surface area contributed by atoms with E-state index < -0.39 is 11.6 Å². The highest BCUT2D eigenvalue weighted by atomic mass is 32.1. The van der Waals surface area contributed by atoms with Crippen LogP contribution in [0.25, 0.3) is 16.0 Å². The molecule has 0 bridgehead atoms. The molecule has 1 aliphatic heterocycles. The van der Waals surface area contributed by atoms with Crippen molar-refractivity contribution in [1.82, 2.24) is 29.4 Å². The number of hydrogen-bond acceptors (Lipinski definition) is 6. The zero-order chi connectivity index (χ0) is 20.3. The van der Waals surface area contributed by atoms with Crippen molar-refractivity contribution < 1.29 is 9.59 Å². The normalized spacial score (nSPS) is 19.4. The van der Waals surface area contributed by atoms with Crippen LogP contribution in [0.5, 0.6) is 0 Å². The number of fused-ring (bicyclic) bond motifs is 3. The number of aromatic nitrogens is 4. The summed E-state index contributed by atoms with van der Waals surface area (Å²) in [7, 11) is 1.62. The summed E-state index contributed by atoms with van der Waals surface area (Å²) in [4.78, 5) is 39.4. The average Bonchev–Trinajstić information content (AvgIpc) is 3.41. The van der Waals surface area contributed by atoms with Gasteiger partial charge in [-0.05, 0) is 23.9 Å². The summed E-state index contributed by atoms with van der Waals surface area (Å²) in [6.45, 7) is 1.63. The van der Waals surface area contributed by atoms with Crippen molar-refractivity contribution >= 4 is 39.3 Å². The highest BCUT2D eigenvalue weighted by molar-refractivity contribution is 7.17. The molecule has 1 N–H and O–H groups in total. The minimum Gasteiger partial charge on any atom is -0.319 e. The van der Waals surface area contributed by atoms with E-state index in [4.69, 9.17) is 0 Å². The Bertz CT molecular complexity index is 1360. The molecule has 3 aromatic heterocycles. The molecule has 1 unspecified atom stereocenters. The van der Waals surface area contributed by atoms with Gasteiger partial charge in [0.05, 0.1) is 12.1 Å². The number of hydrogen-bond donors (Lipinski definition) is 1. The fraction of sp³-hybridized carbons (Fsp3) is 0.211. The second-order valence-electron chi connectivity index (χ2n) is 7.06. The molecular weight excluding hydrogens is 392 g/mol. The fourth-order valence-corrected chi connectivity index (χ4v) is 4.56. The number of imide groups is 1. The summed E-state index contributed by atoms with van der Waals surface area (Å²) in [6.07, 6.45) is 0. The van der Waals surface area contributed by atoms with Crippen molar-refractivity contribution in [2.24, 2.45) is 7.05 Å². The molecule has 10 heteroatoms. The van der Waals surface area contributed by atoms with E-state index in [2.05, 4.69) is 15.5 Å². The van der Waals surface area contributed by atoms with Crippen molar-refractivity contribution in [2.45, 2.75) is 19.0 Å². The lowest BCUT2D eigenvalue weighted by atomic mass is 9.92. The Morgan fingerprint density at radius 2 is 1.86 bits per heavy atom. The average molecular weight is 408 g/mol. The molecule has 1 atom stereocenters. The molecule has 1 saturated heterocycles. The SMILES string of the molecule is Cn1c(=O)c2sccc2n2c(CN3C(=O)NC(C)(c4ccccc4)C3=O)nnc12. The largest absolute Gasteiger partial charge is 0.325 e. The van der Waals surface area contributed by atoms with Crippen LogP contribution in [0, 0.1) is 0 Å². The number of carbonyl (C=O) groups is 2. The molecule has 5 rings (SSSR count). The van der Waals surface area contributed by atoms with E-state index in [1.165, 1.54) is 15.9 Å². The maximum atomic E-state index is 13.2. The molecule has 0 spiro atoms. The van der Waals surface area contributed by atoms with Gasteiger partial charge in [0, 0.05) is 7.05 Å². The number of nitrogens with zero attached hydrogens (tertiary/aromatic N) is 5. The van der Waals surface area contributed by atoms with Gasteiger partial charge in [-0.2, -0.15) is 0 Å². The number of carbonyl (C=O) groups excluding carboxylic acids is 2. The zero-order valence-corrected chi connectivity index (χ0v) is 16.4. The topological polar surface area (TPSA) is 102 Å². The molecule has 4 aromatic rings. The van der Waals surface area contributed by atoms with Gasteiger partial charge in [0.2, 0.25) is 5.78 Å². The van der Waals surface area contributed by atoms with Crippen molar-refractivity contribution in [1.29, 1.82) is 0 Å². The van der Waals surface area contributed by atoms with Crippen LogP contribution in [-0.2, 0) is 23.9 Å². The molecular formula is C19H16N6O3S. The lowest BCUT2D eigenvalue weighted by Crippen LogP contribution is -2.40. The van der Waals surface area contributed by atoms with Crippen LogP contribution in [0.3, 0.4) is 0 Å². The summed E-state index contributed by atoms with van der Waals surface area (Å²) in [5.74, 6) is 0.394. The second kappa shape index (κ2) is 5.98. The minimum absolute atomic E-state index is 0.0581. The van der Waals surface area contributed by atoms with E-state index in [9.17, 15) is 14.4 Å². The maximum absolute atomic E-state index is 13.2. The molecule has 9 nitrogen and oxygen atoms in total. The van der Waals surface area contributed by atoms with Crippen LogP contribution < -0.4 is 10.9 Å². The number of nitrogens with one attached hydrogen (secondary N) is 1. The number of rotatable bonds is 3. The fourth-order valence-electron chi connectivity index (χ4n) is 3.70. The van der Waals surface area contributed by atoms with Crippen LogP contribution in [0.4, 0.5) is 4.79 Å². The first-order valence-electron chi connectivity index (χ1n) is 8.91. The van der Waals surface area contributed by atoms with Crippen molar-refractivity contribution in [3.63, 3.8) is 0 Å². The number of urea groups is 1. The quantitative estimate of drug-likeness (QED) is 0.519. The van der Waals surface area contributed by atoms with Gasteiger partial charge in [0.25, 0.3) is 11.5 Å². The Morgan fingerprint density at radius 1 is 1.10 bits per heavy atom. The van der Waals surface area contributed by atoms with E-state index in [0.29, 0.717) is 27.4 Å². The molecule has 4 heterocycles. The first kappa shape index (κ1) is 17.6. The predicted octanol–water partition coefficient (Wildman–Crippen LogP) is 1.61. The molecule has 1 aromatic carbocycles. The summed E-state index contributed by atoms with van der Waals surface area (Å²) in [6, 6.07) is 10.4. The highest BCUT2D eigenvalue weighted by Crippen LogP contribution is 2.30. The van der Waals surface area contributed by atoms with E-state index in [1.54, 1.807) is 36.6 Å². The van der Waals surface area contributed by atoms with Crippen LogP contribution >= 0.6 is 11.3 Å². The first-order chi connectivity index (χ1) is 13.9. The molecule has 146 valence electrons. The lowest BCUT2D eigenvalue weighted by Gasteiger charge is -2.22. The van der Waals surface area contributed by atoms with E-state index in [0.717, 1.165) is 4.90 Å². The third-order valence-corrected chi connectivity index (χ3v) is 6.21. The maximum Gasteiger partial charge on any atom is 0.325 e. The molecule has 29 heavy (non-hydrogen) atoms. The molecule has 3 amide bonds. The van der Waals surface area contributed by atoms with E-state index in [1.807, 2.05) is 23.6 Å². The predicted molar refractivity (Wildman–Crippen MR) is 106 cm³/mol. The Morgan fingerprint density at radius 3 is 2.62 bits per heavy atom. The Balaban J connectivity index is 1.59. The van der Waals surface area contributed by atoms with Gasteiger partial charge in [-0.25, -0.2) is 4.79 Å². The van der Waals surface area contributed by atoms with Crippen LogP contribution in [0.1, 0.15) is 18.3 Å². The Hall–Kier alpha value is -3.53. The highest BCUT2D eigenvalue weighted by Gasteiger charge is 2.49. The summed E-state index contributed by atoms with van der Waals surface area (Å²) < 4.78 is 3.69. The van der Waals surface area contributed by atoms with E-state index >= 15 is 0 Å². The van der Waals surface area contributed by atoms with Crippen molar-refractivity contribution in [3.8, 4) is 0 Å². The van der Waals surface area contributed by atoms with Gasteiger partial charge in [0.15, 0.2) is 5.82 Å². The number of amides is 3. The Kier molecular flexibility index (Phi) is 3.62. The number of aryl methyl sites for hydroxylation is 1. The van der Waals surface area contributed by atoms with Gasteiger partial charge in [0.1, 0.15) is 10.2 Å². The standard InChI is InChI=1S/C19H16N6O3S/c1-19(11-6-4-3-5-7-11)16(27)24(18(28)20-19)10-13-21-22-17-23(2)15(26)14-12(25(13)17)8-9-29-14/h3-9H,10H2,1-2H3,(H,20,28). The van der Waals surface area contributed by atoms with Crippen LogP contribution in [-0.4, -0.2) is 36.0 Å². The third kappa shape index (κ3) is 2.35. The Labute approximate surface area is 168 Å². The summed E-state index contributed by atoms with van der Waals surface area (Å²) in [5, 5.41) is 12.9. The number of benzene rings is 1. The third-order valence-electron chi connectivity index (χ3n) is 5.32. The minimum atomic E-state index is -1.15. The van der Waals surface area contributed by atoms with Crippen molar-refractivity contribution in [3.05, 3.63) is 63.5 Å². The second-order valence-corrected chi connectivity index (χ2v) is 7.98. The van der Waals surface area contributed by atoms with E-state index in [-0.39, 0.29) is 18.0 Å². The number of thiophene rings is 1. The van der Waals surface area contributed by atoms with Gasteiger partial charge in [-0.15, -0.1) is 21.5 Å². The first-order valence-corrected chi connectivity index (χ1v) is 9.79. The van der Waals surface area contributed by atoms with Gasteiger partial charge in [-0.1, -0.05) is 30.3 Å². The summed E-state index contributed by atoms with van der Waals surface area (Å²) in [5.41, 5.74) is 0.0530. The molecule has 1 aliphatic rings. The van der Waals surface area contributed by atoms with Crippen LogP contribution in [0.15, 0.2) is 46.6 Å². The molecule has 1 fully saturated rings. The molecule has 0 saturated carbocycles. The monoisotopic (exact) mass is 408 g/mol. The smallest absolute Gasteiger partial charge is 0.319 e. The van der Waals surface area contributed by atoms with Gasteiger partial charge >= 0.3 is 6.03 Å². The molecule has 0 aliphatic carbocycles. The summed E-state index contributed by atoms with van der Waals surface area (Å²) >= 11 is 1.33. The zero-order valence-electron chi connectivity index (χ0n) is 15.6. The van der Waals surface area contributed by atoms with Crippen LogP contribution in [0.2, 0.25) is 0 Å². The van der Waals surface area contributed by atoms with Crippen molar-refractivity contribution in [2.75, 3.05) is 0 Å². The molecule has 0 radical (unpaired) electrons. The van der Waals surface area contributed by atoms with Gasteiger partial charge in [-0.3, -0.25) is 23.5 Å². The lowest BCUT2D eigenvalue weighted by molar-refractivity contribution is -0.131. The van der Waals surface area contributed by atoms with Gasteiger partial charge < -0.3 is 5.32 Å².